The first-order valence-electron chi connectivity index (χ1n) is 6.78. The van der Waals surface area contributed by atoms with Crippen molar-refractivity contribution in [2.75, 3.05) is 0 Å². The molecule has 21 heavy (non-hydrogen) atoms. The SMILES string of the molecule is Cc1c(C(=O)N[C@@H](CC(C)C)C(=O)O)oc2cccnc12. The number of furan rings is 1. The number of pyridine rings is 1. The van der Waals surface area contributed by atoms with Gasteiger partial charge in [0.05, 0.1) is 0 Å². The molecule has 0 saturated heterocycles. The highest BCUT2D eigenvalue weighted by Gasteiger charge is 2.25. The first kappa shape index (κ1) is 15.0. The summed E-state index contributed by atoms with van der Waals surface area (Å²) in [6, 6.07) is 2.50. The largest absolute Gasteiger partial charge is 0.480 e. The van der Waals surface area contributed by atoms with Crippen molar-refractivity contribution in [2.24, 2.45) is 5.92 Å². The third-order valence-electron chi connectivity index (χ3n) is 3.20. The number of carbonyl (C=O) groups excluding carboxylic acids is 1. The maximum atomic E-state index is 12.2. The van der Waals surface area contributed by atoms with E-state index in [4.69, 9.17) is 9.52 Å². The molecule has 1 amide bonds. The van der Waals surface area contributed by atoms with E-state index < -0.39 is 17.9 Å². The Bertz CT molecular complexity index is 675. The zero-order valence-electron chi connectivity index (χ0n) is 12.2. The molecule has 0 aliphatic carbocycles. The predicted molar refractivity (Wildman–Crippen MR) is 77.1 cm³/mol. The first-order chi connectivity index (χ1) is 9.90. The van der Waals surface area contributed by atoms with Crippen molar-refractivity contribution in [2.45, 2.75) is 33.2 Å². The third kappa shape index (κ3) is 3.21. The van der Waals surface area contributed by atoms with Gasteiger partial charge in [0, 0.05) is 11.8 Å². The predicted octanol–water partition coefficient (Wildman–Crippen LogP) is 2.37. The number of amides is 1. The third-order valence-corrected chi connectivity index (χ3v) is 3.20. The fourth-order valence-corrected chi connectivity index (χ4v) is 2.18. The molecule has 0 unspecified atom stereocenters. The molecule has 2 aromatic heterocycles. The molecular weight excluding hydrogens is 272 g/mol. The zero-order chi connectivity index (χ0) is 15.6. The number of carbonyl (C=O) groups is 2. The Morgan fingerprint density at radius 2 is 2.14 bits per heavy atom. The average molecular weight is 290 g/mol. The van der Waals surface area contributed by atoms with E-state index in [0.29, 0.717) is 23.1 Å². The molecule has 0 aliphatic rings. The van der Waals surface area contributed by atoms with Crippen LogP contribution in [0.5, 0.6) is 0 Å². The molecule has 0 saturated carbocycles. The van der Waals surface area contributed by atoms with Crippen molar-refractivity contribution >= 4 is 23.0 Å². The summed E-state index contributed by atoms with van der Waals surface area (Å²) in [5, 5.41) is 11.7. The van der Waals surface area contributed by atoms with E-state index in [2.05, 4.69) is 10.3 Å². The zero-order valence-corrected chi connectivity index (χ0v) is 12.2. The Morgan fingerprint density at radius 3 is 2.71 bits per heavy atom. The van der Waals surface area contributed by atoms with Crippen LogP contribution in [-0.4, -0.2) is 28.0 Å². The van der Waals surface area contributed by atoms with Crippen molar-refractivity contribution in [1.82, 2.24) is 10.3 Å². The van der Waals surface area contributed by atoms with Crippen molar-refractivity contribution in [3.05, 3.63) is 29.7 Å². The molecule has 2 rings (SSSR count). The quantitative estimate of drug-likeness (QED) is 0.881. The van der Waals surface area contributed by atoms with Crippen LogP contribution in [-0.2, 0) is 4.79 Å². The van der Waals surface area contributed by atoms with E-state index in [1.54, 1.807) is 25.3 Å². The second-order valence-corrected chi connectivity index (χ2v) is 5.40. The highest BCUT2D eigenvalue weighted by Crippen LogP contribution is 2.23. The average Bonchev–Trinajstić information content (AvgIpc) is 2.75. The number of aliphatic carboxylic acids is 1. The number of hydrogen-bond donors (Lipinski definition) is 2. The van der Waals surface area contributed by atoms with Gasteiger partial charge in [-0.25, -0.2) is 4.79 Å². The fraction of sp³-hybridized carbons (Fsp3) is 0.400. The van der Waals surface area contributed by atoms with E-state index >= 15 is 0 Å². The number of carboxylic acid groups (broad SMARTS) is 1. The normalized spacial score (nSPS) is 12.6. The summed E-state index contributed by atoms with van der Waals surface area (Å²) in [7, 11) is 0. The molecule has 6 heteroatoms. The molecule has 0 fully saturated rings. The number of carboxylic acids is 1. The van der Waals surface area contributed by atoms with E-state index in [1.165, 1.54) is 0 Å². The molecular formula is C15H18N2O4. The van der Waals surface area contributed by atoms with Gasteiger partial charge < -0.3 is 14.8 Å². The molecule has 0 aliphatic heterocycles. The molecule has 1 atom stereocenters. The number of rotatable bonds is 5. The topological polar surface area (TPSA) is 92.4 Å². The second-order valence-electron chi connectivity index (χ2n) is 5.40. The lowest BCUT2D eigenvalue weighted by Gasteiger charge is -2.15. The van der Waals surface area contributed by atoms with Gasteiger partial charge in [0.2, 0.25) is 0 Å². The second kappa shape index (κ2) is 5.95. The summed E-state index contributed by atoms with van der Waals surface area (Å²) in [5.74, 6) is -1.31. The molecule has 2 heterocycles. The van der Waals surface area contributed by atoms with Gasteiger partial charge in [0.1, 0.15) is 11.6 Å². The lowest BCUT2D eigenvalue weighted by molar-refractivity contribution is -0.139. The van der Waals surface area contributed by atoms with E-state index in [0.717, 1.165) is 0 Å². The summed E-state index contributed by atoms with van der Waals surface area (Å²) in [6.45, 7) is 5.53. The summed E-state index contributed by atoms with van der Waals surface area (Å²) in [6.07, 6.45) is 1.98. The van der Waals surface area contributed by atoms with Gasteiger partial charge in [-0.05, 0) is 31.4 Å². The summed E-state index contributed by atoms with van der Waals surface area (Å²) in [4.78, 5) is 27.6. The van der Waals surface area contributed by atoms with E-state index in [-0.39, 0.29) is 11.7 Å². The molecule has 0 bridgehead atoms. The number of aryl methyl sites for hydroxylation is 1. The van der Waals surface area contributed by atoms with Crippen molar-refractivity contribution < 1.29 is 19.1 Å². The number of nitrogens with zero attached hydrogens (tertiary/aromatic N) is 1. The molecule has 6 nitrogen and oxygen atoms in total. The van der Waals surface area contributed by atoms with Crippen LogP contribution < -0.4 is 5.32 Å². The maximum Gasteiger partial charge on any atom is 0.326 e. The van der Waals surface area contributed by atoms with Crippen molar-refractivity contribution in [3.8, 4) is 0 Å². The maximum absolute atomic E-state index is 12.2. The highest BCUT2D eigenvalue weighted by atomic mass is 16.4. The lowest BCUT2D eigenvalue weighted by Crippen LogP contribution is -2.41. The lowest BCUT2D eigenvalue weighted by atomic mass is 10.0. The van der Waals surface area contributed by atoms with Crippen LogP contribution in [0.4, 0.5) is 0 Å². The Morgan fingerprint density at radius 1 is 1.43 bits per heavy atom. The Kier molecular flexibility index (Phi) is 4.26. The van der Waals surface area contributed by atoms with Crippen molar-refractivity contribution in [3.63, 3.8) is 0 Å². The van der Waals surface area contributed by atoms with Gasteiger partial charge in [-0.1, -0.05) is 13.8 Å². The minimum atomic E-state index is -1.05. The van der Waals surface area contributed by atoms with Crippen LogP contribution in [0.15, 0.2) is 22.7 Å². The van der Waals surface area contributed by atoms with Gasteiger partial charge >= 0.3 is 5.97 Å². The number of nitrogens with one attached hydrogen (secondary N) is 1. The van der Waals surface area contributed by atoms with Crippen molar-refractivity contribution in [1.29, 1.82) is 0 Å². The Labute approximate surface area is 122 Å². The molecule has 0 spiro atoms. The van der Waals surface area contributed by atoms with E-state index in [9.17, 15) is 9.59 Å². The minimum Gasteiger partial charge on any atom is -0.480 e. The monoisotopic (exact) mass is 290 g/mol. The van der Waals surface area contributed by atoms with Crippen LogP contribution in [0.3, 0.4) is 0 Å². The Hall–Kier alpha value is -2.37. The van der Waals surface area contributed by atoms with Crippen LogP contribution in [0, 0.1) is 12.8 Å². The molecule has 2 N–H and O–H groups in total. The van der Waals surface area contributed by atoms with Gasteiger partial charge in [-0.2, -0.15) is 0 Å². The number of hydrogen-bond acceptors (Lipinski definition) is 4. The first-order valence-corrected chi connectivity index (χ1v) is 6.78. The van der Waals surface area contributed by atoms with Crippen LogP contribution in [0.2, 0.25) is 0 Å². The number of fused-ring (bicyclic) bond motifs is 1. The van der Waals surface area contributed by atoms with Gasteiger partial charge in [-0.15, -0.1) is 0 Å². The van der Waals surface area contributed by atoms with Crippen LogP contribution in [0.1, 0.15) is 36.4 Å². The van der Waals surface area contributed by atoms with Crippen LogP contribution in [0.25, 0.3) is 11.1 Å². The Balaban J connectivity index is 2.25. The number of aromatic nitrogens is 1. The van der Waals surface area contributed by atoms with Gasteiger partial charge in [0.25, 0.3) is 5.91 Å². The summed E-state index contributed by atoms with van der Waals surface area (Å²) in [5.41, 5.74) is 1.73. The van der Waals surface area contributed by atoms with Gasteiger partial charge in [-0.3, -0.25) is 9.78 Å². The summed E-state index contributed by atoms with van der Waals surface area (Å²) < 4.78 is 5.48. The smallest absolute Gasteiger partial charge is 0.326 e. The molecule has 0 aromatic carbocycles. The van der Waals surface area contributed by atoms with Crippen LogP contribution >= 0.6 is 0 Å². The highest BCUT2D eigenvalue weighted by molar-refractivity contribution is 5.99. The van der Waals surface area contributed by atoms with Gasteiger partial charge in [0.15, 0.2) is 11.3 Å². The standard InChI is InChI=1S/C15H18N2O4/c1-8(2)7-10(15(19)20)17-14(18)13-9(3)12-11(21-13)5-4-6-16-12/h4-6,8,10H,7H2,1-3H3,(H,17,18)(H,19,20)/t10-/m0/s1. The molecule has 0 radical (unpaired) electrons. The molecule has 2 aromatic rings. The summed E-state index contributed by atoms with van der Waals surface area (Å²) >= 11 is 0. The molecule has 112 valence electrons. The van der Waals surface area contributed by atoms with E-state index in [1.807, 2.05) is 13.8 Å². The minimum absolute atomic E-state index is 0.110. The fourth-order valence-electron chi connectivity index (χ4n) is 2.18.